The molecule has 1 heterocycles. The molecule has 0 aliphatic heterocycles. The van der Waals surface area contributed by atoms with Crippen molar-refractivity contribution >= 4 is 15.9 Å². The molecule has 0 bridgehead atoms. The Bertz CT molecular complexity index is 677. The lowest BCUT2D eigenvalue weighted by molar-refractivity contribution is -0.690. The average molecular weight is 330 g/mol. The van der Waals surface area contributed by atoms with Crippen LogP contribution in [0.15, 0.2) is 71.6 Å². The second kappa shape index (κ2) is 5.92. The van der Waals surface area contributed by atoms with Crippen LogP contribution in [0.25, 0.3) is 0 Å². The van der Waals surface area contributed by atoms with Gasteiger partial charge < -0.3 is 4.74 Å². The fourth-order valence-corrected chi connectivity index (χ4v) is 2.22. The summed E-state index contributed by atoms with van der Waals surface area (Å²) >= 11 is 3.42. The van der Waals surface area contributed by atoms with Gasteiger partial charge >= 0.3 is 5.88 Å². The van der Waals surface area contributed by atoms with Crippen molar-refractivity contribution in [1.29, 1.82) is 0 Å². The summed E-state index contributed by atoms with van der Waals surface area (Å²) in [6.45, 7) is 0.774. The molecule has 1 aromatic heterocycles. The predicted octanol–water partition coefficient (Wildman–Crippen LogP) is 3.91. The lowest BCUT2D eigenvalue weighted by Gasteiger charge is -2.04. The minimum absolute atomic E-state index is 0.774. The smallest absolute Gasteiger partial charge is 0.330 e. The van der Waals surface area contributed by atoms with Gasteiger partial charge in [0.15, 0.2) is 6.20 Å². The number of nitrogens with one attached hydrogen (secondary N) is 1. The highest BCUT2D eigenvalue weighted by Crippen LogP contribution is 2.20. The van der Waals surface area contributed by atoms with Crippen molar-refractivity contribution in [2.45, 2.75) is 6.54 Å². The summed E-state index contributed by atoms with van der Waals surface area (Å²) in [6, 6.07) is 18.1. The molecule has 0 spiro atoms. The third kappa shape index (κ3) is 3.08. The van der Waals surface area contributed by atoms with Crippen molar-refractivity contribution in [3.63, 3.8) is 0 Å². The van der Waals surface area contributed by atoms with Crippen molar-refractivity contribution in [1.82, 2.24) is 4.98 Å². The maximum absolute atomic E-state index is 5.89. The van der Waals surface area contributed by atoms with Crippen molar-refractivity contribution in [3.05, 3.63) is 77.2 Å². The molecule has 0 radical (unpaired) electrons. The normalized spacial score (nSPS) is 10.4. The van der Waals surface area contributed by atoms with Crippen LogP contribution in [0.3, 0.4) is 0 Å². The maximum Gasteiger partial charge on any atom is 0.330 e. The number of rotatable bonds is 4. The minimum Gasteiger partial charge on any atom is -0.420 e. The molecule has 4 heteroatoms. The number of benzene rings is 2. The Hall–Kier alpha value is -2.07. The molecule has 3 nitrogen and oxygen atoms in total. The van der Waals surface area contributed by atoms with E-state index in [4.69, 9.17) is 4.74 Å². The van der Waals surface area contributed by atoms with E-state index in [9.17, 15) is 0 Å². The number of hydrogen-bond acceptors (Lipinski definition) is 1. The van der Waals surface area contributed by atoms with E-state index in [2.05, 4.69) is 33.0 Å². The third-order valence-electron chi connectivity index (χ3n) is 2.95. The fourth-order valence-electron chi connectivity index (χ4n) is 1.96. The number of aromatic amines is 1. The zero-order valence-electron chi connectivity index (χ0n) is 10.8. The molecule has 0 atom stereocenters. The van der Waals surface area contributed by atoms with Crippen LogP contribution in [0.2, 0.25) is 0 Å². The highest BCUT2D eigenvalue weighted by Gasteiger charge is 2.11. The Kier molecular flexibility index (Phi) is 3.83. The summed E-state index contributed by atoms with van der Waals surface area (Å²) in [5, 5.41) is 0. The molecule has 0 aliphatic carbocycles. The zero-order chi connectivity index (χ0) is 13.8. The van der Waals surface area contributed by atoms with E-state index in [0.717, 1.165) is 22.6 Å². The highest BCUT2D eigenvalue weighted by molar-refractivity contribution is 9.10. The van der Waals surface area contributed by atoms with Gasteiger partial charge in [0.2, 0.25) is 6.33 Å². The summed E-state index contributed by atoms with van der Waals surface area (Å²) in [6.07, 6.45) is 3.76. The van der Waals surface area contributed by atoms with E-state index < -0.39 is 0 Å². The van der Waals surface area contributed by atoms with Gasteiger partial charge in [0.1, 0.15) is 12.3 Å². The van der Waals surface area contributed by atoms with Gasteiger partial charge in [0.05, 0.1) is 0 Å². The highest BCUT2D eigenvalue weighted by atomic mass is 79.9. The van der Waals surface area contributed by atoms with Gasteiger partial charge in [0, 0.05) is 4.47 Å². The molecule has 0 aliphatic rings. The molecule has 0 amide bonds. The van der Waals surface area contributed by atoms with Gasteiger partial charge in [-0.3, -0.25) is 0 Å². The van der Waals surface area contributed by atoms with Crippen molar-refractivity contribution in [3.8, 4) is 11.6 Å². The van der Waals surface area contributed by atoms with Crippen LogP contribution in [0.5, 0.6) is 11.6 Å². The molecule has 0 saturated carbocycles. The van der Waals surface area contributed by atoms with Crippen LogP contribution >= 0.6 is 15.9 Å². The molecular weight excluding hydrogens is 316 g/mol. The molecular formula is C16H14BrN2O+. The van der Waals surface area contributed by atoms with Gasteiger partial charge in [0.25, 0.3) is 0 Å². The van der Waals surface area contributed by atoms with Crippen molar-refractivity contribution < 1.29 is 9.30 Å². The first kappa shape index (κ1) is 12.9. The Labute approximate surface area is 126 Å². The second-order valence-electron chi connectivity index (χ2n) is 4.45. The Balaban J connectivity index is 1.78. The first-order valence-corrected chi connectivity index (χ1v) is 7.14. The van der Waals surface area contributed by atoms with Crippen LogP contribution in [0, 0.1) is 0 Å². The predicted molar refractivity (Wildman–Crippen MR) is 80.7 cm³/mol. The van der Waals surface area contributed by atoms with E-state index in [1.807, 2.05) is 59.6 Å². The largest absolute Gasteiger partial charge is 0.420 e. The van der Waals surface area contributed by atoms with Crippen LogP contribution in [-0.2, 0) is 6.54 Å². The first-order valence-electron chi connectivity index (χ1n) is 6.35. The lowest BCUT2D eigenvalue weighted by atomic mass is 10.2. The molecule has 20 heavy (non-hydrogen) atoms. The van der Waals surface area contributed by atoms with Crippen LogP contribution in [-0.4, -0.2) is 4.98 Å². The van der Waals surface area contributed by atoms with Gasteiger partial charge in [-0.15, -0.1) is 0 Å². The molecule has 0 saturated heterocycles. The van der Waals surface area contributed by atoms with E-state index in [0.29, 0.717) is 0 Å². The van der Waals surface area contributed by atoms with Crippen molar-refractivity contribution in [2.75, 3.05) is 0 Å². The number of hydrogen-bond donors (Lipinski definition) is 1. The number of H-pyrrole nitrogens is 1. The molecule has 1 N–H and O–H groups in total. The second-order valence-corrected chi connectivity index (χ2v) is 5.36. The SMILES string of the molecule is Brc1ccc(Oc2c[nH]c[n+]2Cc2ccccc2)cc1. The zero-order valence-corrected chi connectivity index (χ0v) is 12.4. The Morgan fingerprint density at radius 1 is 1.00 bits per heavy atom. The van der Waals surface area contributed by atoms with Crippen LogP contribution < -0.4 is 9.30 Å². The van der Waals surface area contributed by atoms with E-state index in [1.165, 1.54) is 5.56 Å². The van der Waals surface area contributed by atoms with Gasteiger partial charge in [-0.05, 0) is 29.8 Å². The lowest BCUT2D eigenvalue weighted by Crippen LogP contribution is -2.33. The molecule has 3 aromatic rings. The van der Waals surface area contributed by atoms with Crippen molar-refractivity contribution in [2.24, 2.45) is 0 Å². The Morgan fingerprint density at radius 3 is 2.50 bits per heavy atom. The van der Waals surface area contributed by atoms with Crippen LogP contribution in [0.1, 0.15) is 5.56 Å². The standard InChI is InChI=1S/C16H13BrN2O/c17-14-6-8-15(9-7-14)20-16-10-18-12-19(16)11-13-4-2-1-3-5-13/h1-10,12H,11H2/p+1. The molecule has 3 rings (SSSR count). The average Bonchev–Trinajstić information content (AvgIpc) is 2.90. The van der Waals surface area contributed by atoms with E-state index >= 15 is 0 Å². The molecule has 100 valence electrons. The van der Waals surface area contributed by atoms with Gasteiger partial charge in [-0.25, -0.2) is 4.98 Å². The number of halogens is 1. The number of aromatic nitrogens is 2. The molecule has 2 aromatic carbocycles. The third-order valence-corrected chi connectivity index (χ3v) is 3.48. The fraction of sp³-hybridized carbons (Fsp3) is 0.0625. The molecule has 0 unspecified atom stereocenters. The quantitative estimate of drug-likeness (QED) is 0.722. The first-order chi connectivity index (χ1) is 9.81. The van der Waals surface area contributed by atoms with E-state index in [-0.39, 0.29) is 0 Å². The summed E-state index contributed by atoms with van der Waals surface area (Å²) in [4.78, 5) is 3.08. The minimum atomic E-state index is 0.774. The number of ether oxygens (including phenoxy) is 1. The number of nitrogens with zero attached hydrogens (tertiary/aromatic N) is 1. The summed E-state index contributed by atoms with van der Waals surface area (Å²) < 4.78 is 8.96. The van der Waals surface area contributed by atoms with Crippen LogP contribution in [0.4, 0.5) is 0 Å². The monoisotopic (exact) mass is 329 g/mol. The summed E-state index contributed by atoms with van der Waals surface area (Å²) in [7, 11) is 0. The Morgan fingerprint density at radius 2 is 1.75 bits per heavy atom. The van der Waals surface area contributed by atoms with Gasteiger partial charge in [-0.2, -0.15) is 4.57 Å². The summed E-state index contributed by atoms with van der Waals surface area (Å²) in [5.74, 6) is 1.60. The topological polar surface area (TPSA) is 28.9 Å². The number of imidazole rings is 1. The van der Waals surface area contributed by atoms with E-state index in [1.54, 1.807) is 0 Å². The maximum atomic E-state index is 5.89. The summed E-state index contributed by atoms with van der Waals surface area (Å²) in [5.41, 5.74) is 1.23. The molecule has 0 fully saturated rings. The van der Waals surface area contributed by atoms with Gasteiger partial charge in [-0.1, -0.05) is 46.3 Å².